The highest BCUT2D eigenvalue weighted by atomic mass is 16.3. The zero-order chi connectivity index (χ0) is 19.7. The summed E-state index contributed by atoms with van der Waals surface area (Å²) in [6.45, 7) is 15.4. The summed E-state index contributed by atoms with van der Waals surface area (Å²) in [6.07, 6.45) is 2.10. The lowest BCUT2D eigenvalue weighted by atomic mass is 9.73. The van der Waals surface area contributed by atoms with E-state index in [4.69, 9.17) is 0 Å². The van der Waals surface area contributed by atoms with Crippen molar-refractivity contribution in [2.75, 3.05) is 0 Å². The van der Waals surface area contributed by atoms with Crippen LogP contribution in [0.1, 0.15) is 89.5 Å². The van der Waals surface area contributed by atoms with Gasteiger partial charge in [0.1, 0.15) is 11.5 Å². The molecule has 0 atom stereocenters. The monoisotopic (exact) mass is 354 g/mol. The molecule has 2 rings (SSSR count). The van der Waals surface area contributed by atoms with Crippen molar-refractivity contribution < 1.29 is 10.2 Å². The van der Waals surface area contributed by atoms with Crippen molar-refractivity contribution in [1.82, 2.24) is 0 Å². The summed E-state index contributed by atoms with van der Waals surface area (Å²) < 4.78 is 0. The van der Waals surface area contributed by atoms with Crippen LogP contribution >= 0.6 is 0 Å². The van der Waals surface area contributed by atoms with Crippen LogP contribution in [0, 0.1) is 0 Å². The number of rotatable bonds is 4. The molecular formula is C24H34O2. The molecule has 0 amide bonds. The van der Waals surface area contributed by atoms with Gasteiger partial charge in [0.25, 0.3) is 0 Å². The normalized spacial score (nSPS) is 12.6. The van der Waals surface area contributed by atoms with E-state index in [2.05, 4.69) is 60.6 Å². The predicted octanol–water partition coefficient (Wildman–Crippen LogP) is 6.62. The van der Waals surface area contributed by atoms with Crippen molar-refractivity contribution in [3.05, 3.63) is 58.7 Å². The van der Waals surface area contributed by atoms with E-state index in [1.165, 1.54) is 22.3 Å². The van der Waals surface area contributed by atoms with E-state index in [9.17, 15) is 10.2 Å². The maximum absolute atomic E-state index is 10.1. The molecule has 0 saturated heterocycles. The Morgan fingerprint density at radius 3 is 1.42 bits per heavy atom. The minimum atomic E-state index is -0.0567. The summed E-state index contributed by atoms with van der Waals surface area (Å²) in [7, 11) is 0. The predicted molar refractivity (Wildman–Crippen MR) is 110 cm³/mol. The molecule has 0 aromatic heterocycles. The molecule has 2 N–H and O–H groups in total. The highest BCUT2D eigenvalue weighted by molar-refractivity contribution is 5.49. The van der Waals surface area contributed by atoms with Crippen LogP contribution in [0.3, 0.4) is 0 Å². The first-order valence-electron chi connectivity index (χ1n) is 9.62. The van der Waals surface area contributed by atoms with E-state index < -0.39 is 0 Å². The second-order valence-corrected chi connectivity index (χ2v) is 9.38. The SMILES string of the molecule is CCCC(c1ccc(O)cc1C(C)(C)C)c1ccc(O)cc1C(C)(C)C. The van der Waals surface area contributed by atoms with Gasteiger partial charge in [-0.05, 0) is 63.8 Å². The van der Waals surface area contributed by atoms with Crippen LogP contribution in [0.25, 0.3) is 0 Å². The average molecular weight is 355 g/mol. The molecule has 2 heteroatoms. The summed E-state index contributed by atoms with van der Waals surface area (Å²) >= 11 is 0. The third-order valence-electron chi connectivity index (χ3n) is 5.02. The van der Waals surface area contributed by atoms with Gasteiger partial charge in [-0.1, -0.05) is 67.0 Å². The van der Waals surface area contributed by atoms with Gasteiger partial charge in [0.05, 0.1) is 0 Å². The van der Waals surface area contributed by atoms with Crippen molar-refractivity contribution in [2.24, 2.45) is 0 Å². The van der Waals surface area contributed by atoms with E-state index in [1.807, 2.05) is 12.1 Å². The first-order chi connectivity index (χ1) is 11.9. The van der Waals surface area contributed by atoms with E-state index in [0.717, 1.165) is 12.8 Å². The van der Waals surface area contributed by atoms with Crippen LogP contribution in [0.2, 0.25) is 0 Å². The highest BCUT2D eigenvalue weighted by Crippen LogP contribution is 2.42. The Morgan fingerprint density at radius 2 is 1.12 bits per heavy atom. The Kier molecular flexibility index (Phi) is 5.75. The molecule has 0 spiro atoms. The minimum absolute atomic E-state index is 0.0567. The molecule has 0 radical (unpaired) electrons. The Morgan fingerprint density at radius 1 is 0.731 bits per heavy atom. The number of phenolic OH excluding ortho intramolecular Hbond substituents is 2. The van der Waals surface area contributed by atoms with Crippen LogP contribution in [-0.2, 0) is 10.8 Å². The average Bonchev–Trinajstić information content (AvgIpc) is 2.51. The molecule has 0 bridgehead atoms. The van der Waals surface area contributed by atoms with Crippen molar-refractivity contribution >= 4 is 0 Å². The Bertz CT molecular complexity index is 697. The molecule has 0 heterocycles. The Balaban J connectivity index is 2.74. The van der Waals surface area contributed by atoms with Crippen molar-refractivity contribution in [2.45, 2.75) is 78.1 Å². The number of hydrogen-bond donors (Lipinski definition) is 2. The number of benzene rings is 2. The van der Waals surface area contributed by atoms with Gasteiger partial charge in [0.2, 0.25) is 0 Å². The third kappa shape index (κ3) is 4.41. The lowest BCUT2D eigenvalue weighted by Gasteiger charge is -2.32. The van der Waals surface area contributed by atoms with E-state index >= 15 is 0 Å². The van der Waals surface area contributed by atoms with E-state index in [1.54, 1.807) is 12.1 Å². The molecule has 2 aromatic rings. The molecule has 0 saturated carbocycles. The maximum atomic E-state index is 10.1. The van der Waals surface area contributed by atoms with Crippen molar-refractivity contribution in [1.29, 1.82) is 0 Å². The Labute approximate surface area is 158 Å². The highest BCUT2D eigenvalue weighted by Gasteiger charge is 2.28. The van der Waals surface area contributed by atoms with Gasteiger partial charge in [0, 0.05) is 5.92 Å². The zero-order valence-corrected chi connectivity index (χ0v) is 17.4. The fourth-order valence-electron chi connectivity index (χ4n) is 3.76. The zero-order valence-electron chi connectivity index (χ0n) is 17.4. The Hall–Kier alpha value is -1.96. The second-order valence-electron chi connectivity index (χ2n) is 9.38. The van der Waals surface area contributed by atoms with Gasteiger partial charge < -0.3 is 10.2 Å². The lowest BCUT2D eigenvalue weighted by molar-refractivity contribution is 0.467. The van der Waals surface area contributed by atoms with Gasteiger partial charge in [-0.3, -0.25) is 0 Å². The molecule has 0 aliphatic heterocycles. The molecule has 142 valence electrons. The molecular weight excluding hydrogens is 320 g/mol. The summed E-state index contributed by atoms with van der Waals surface area (Å²) in [6, 6.07) is 11.6. The van der Waals surface area contributed by atoms with Gasteiger partial charge in [0.15, 0.2) is 0 Å². The summed E-state index contributed by atoms with van der Waals surface area (Å²) in [5.74, 6) is 0.871. The topological polar surface area (TPSA) is 40.5 Å². The largest absolute Gasteiger partial charge is 0.508 e. The molecule has 26 heavy (non-hydrogen) atoms. The first kappa shape index (κ1) is 20.4. The standard InChI is InChI=1S/C24H34O2/c1-8-9-18(19-12-10-16(25)14-21(19)23(2,3)4)20-13-11-17(26)15-22(20)24(5,6)7/h10-15,18,25-26H,8-9H2,1-7H3. The summed E-state index contributed by atoms with van der Waals surface area (Å²) in [4.78, 5) is 0. The van der Waals surface area contributed by atoms with Gasteiger partial charge in [-0.25, -0.2) is 0 Å². The van der Waals surface area contributed by atoms with Crippen LogP contribution in [0.5, 0.6) is 11.5 Å². The maximum Gasteiger partial charge on any atom is 0.115 e. The van der Waals surface area contributed by atoms with Gasteiger partial charge in [-0.2, -0.15) is 0 Å². The number of hydrogen-bond acceptors (Lipinski definition) is 2. The van der Waals surface area contributed by atoms with Crippen LogP contribution in [0.15, 0.2) is 36.4 Å². The molecule has 2 nitrogen and oxygen atoms in total. The van der Waals surface area contributed by atoms with Crippen molar-refractivity contribution in [3.8, 4) is 11.5 Å². The molecule has 0 fully saturated rings. The van der Waals surface area contributed by atoms with Gasteiger partial charge in [-0.15, -0.1) is 0 Å². The smallest absolute Gasteiger partial charge is 0.115 e. The number of phenols is 2. The third-order valence-corrected chi connectivity index (χ3v) is 5.02. The molecule has 0 aliphatic rings. The molecule has 0 aliphatic carbocycles. The molecule has 0 unspecified atom stereocenters. The van der Waals surface area contributed by atoms with Crippen molar-refractivity contribution in [3.63, 3.8) is 0 Å². The second kappa shape index (κ2) is 7.34. The lowest BCUT2D eigenvalue weighted by Crippen LogP contribution is -2.20. The first-order valence-corrected chi connectivity index (χ1v) is 9.62. The fourth-order valence-corrected chi connectivity index (χ4v) is 3.76. The number of aromatic hydroxyl groups is 2. The van der Waals surface area contributed by atoms with E-state index in [-0.39, 0.29) is 16.7 Å². The fraction of sp³-hybridized carbons (Fsp3) is 0.500. The van der Waals surface area contributed by atoms with Gasteiger partial charge >= 0.3 is 0 Å². The quantitative estimate of drug-likeness (QED) is 0.647. The van der Waals surface area contributed by atoms with Crippen LogP contribution in [-0.4, -0.2) is 10.2 Å². The van der Waals surface area contributed by atoms with Crippen LogP contribution in [0.4, 0.5) is 0 Å². The summed E-state index contributed by atoms with van der Waals surface area (Å²) in [5.41, 5.74) is 4.80. The summed E-state index contributed by atoms with van der Waals surface area (Å²) in [5, 5.41) is 20.1. The minimum Gasteiger partial charge on any atom is -0.508 e. The van der Waals surface area contributed by atoms with Crippen LogP contribution < -0.4 is 0 Å². The molecule has 2 aromatic carbocycles. The van der Waals surface area contributed by atoms with E-state index in [0.29, 0.717) is 11.5 Å².